The minimum absolute atomic E-state index is 0.735. The average molecular weight is 352 g/mol. The Morgan fingerprint density at radius 2 is 1.50 bits per heavy atom. The first kappa shape index (κ1) is 19.4. The second-order valence-electron chi connectivity index (χ2n) is 8.68. The molecule has 0 unspecified atom stereocenters. The minimum atomic E-state index is 0.735. The number of aromatic nitrogens is 1. The third kappa shape index (κ3) is 5.56. The monoisotopic (exact) mass is 351 g/mol. The molecule has 1 heterocycles. The highest BCUT2D eigenvalue weighted by atomic mass is 14.7. The van der Waals surface area contributed by atoms with Crippen molar-refractivity contribution in [2.75, 3.05) is 0 Å². The van der Waals surface area contributed by atoms with Crippen molar-refractivity contribution in [1.82, 2.24) is 4.98 Å². The predicted molar refractivity (Wildman–Crippen MR) is 113 cm³/mol. The Morgan fingerprint density at radius 1 is 0.885 bits per heavy atom. The van der Waals surface area contributed by atoms with E-state index in [-0.39, 0.29) is 0 Å². The maximum Gasteiger partial charge on any atom is 0.0705 e. The van der Waals surface area contributed by atoms with Gasteiger partial charge in [-0.25, -0.2) is 0 Å². The zero-order valence-corrected chi connectivity index (χ0v) is 16.9. The van der Waals surface area contributed by atoms with Gasteiger partial charge in [-0.2, -0.15) is 0 Å². The van der Waals surface area contributed by atoms with Crippen LogP contribution >= 0.6 is 0 Å². The van der Waals surface area contributed by atoms with E-state index in [1.54, 1.807) is 25.7 Å². The molecule has 1 aromatic carbocycles. The van der Waals surface area contributed by atoms with Crippen LogP contribution in [0.3, 0.4) is 0 Å². The van der Waals surface area contributed by atoms with E-state index in [4.69, 9.17) is 4.98 Å². The van der Waals surface area contributed by atoms with Crippen molar-refractivity contribution in [2.45, 2.75) is 84.5 Å². The third-order valence-electron chi connectivity index (χ3n) is 6.46. The molecule has 0 spiro atoms. The molecule has 0 saturated heterocycles. The van der Waals surface area contributed by atoms with Gasteiger partial charge in [0.15, 0.2) is 0 Å². The van der Waals surface area contributed by atoms with E-state index in [2.05, 4.69) is 50.2 Å². The Bertz CT molecular complexity index is 636. The zero-order valence-electron chi connectivity index (χ0n) is 16.9. The number of rotatable bonds is 4. The average Bonchev–Trinajstić information content (AvgIpc) is 2.69. The largest absolute Gasteiger partial charge is 0.253 e. The molecule has 1 aromatic heterocycles. The summed E-state index contributed by atoms with van der Waals surface area (Å²) in [6, 6.07) is 12.6. The van der Waals surface area contributed by atoms with E-state index in [9.17, 15) is 0 Å². The van der Waals surface area contributed by atoms with E-state index in [1.165, 1.54) is 49.6 Å². The summed E-state index contributed by atoms with van der Waals surface area (Å²) in [6.45, 7) is 4.55. The van der Waals surface area contributed by atoms with Gasteiger partial charge in [0, 0.05) is 11.1 Å². The fourth-order valence-corrected chi connectivity index (χ4v) is 5.03. The van der Waals surface area contributed by atoms with Gasteiger partial charge < -0.3 is 0 Å². The van der Waals surface area contributed by atoms with Gasteiger partial charge in [0.1, 0.15) is 0 Å². The molecule has 2 saturated carbocycles. The Morgan fingerprint density at radius 3 is 2.12 bits per heavy atom. The molecule has 4 rings (SSSR count). The van der Waals surface area contributed by atoms with Crippen molar-refractivity contribution < 1.29 is 0 Å². The summed E-state index contributed by atoms with van der Waals surface area (Å²) < 4.78 is 0. The normalized spacial score (nSPS) is 23.6. The van der Waals surface area contributed by atoms with Crippen LogP contribution < -0.4 is 0 Å². The van der Waals surface area contributed by atoms with Crippen LogP contribution in [-0.4, -0.2) is 4.98 Å². The lowest BCUT2D eigenvalue weighted by atomic mass is 9.71. The van der Waals surface area contributed by atoms with Crippen LogP contribution in [0.15, 0.2) is 36.4 Å². The topological polar surface area (TPSA) is 12.9 Å². The molecule has 1 heteroatoms. The molecular weight excluding hydrogens is 314 g/mol. The van der Waals surface area contributed by atoms with Gasteiger partial charge in [0.25, 0.3) is 0 Å². The Labute approximate surface area is 160 Å². The number of para-hydroxylation sites is 1. The lowest BCUT2D eigenvalue weighted by molar-refractivity contribution is 0.171. The Balaban J connectivity index is 0.000000167. The van der Waals surface area contributed by atoms with Crippen LogP contribution in [0.5, 0.6) is 0 Å². The summed E-state index contributed by atoms with van der Waals surface area (Å²) in [6.07, 6.45) is 16.0. The van der Waals surface area contributed by atoms with Crippen LogP contribution in [0.25, 0.3) is 10.9 Å². The number of hydrogen-bond acceptors (Lipinski definition) is 1. The molecular formula is C25H37N. The first-order valence-corrected chi connectivity index (χ1v) is 11.1. The van der Waals surface area contributed by atoms with Gasteiger partial charge in [-0.1, -0.05) is 102 Å². The molecule has 0 amide bonds. The molecule has 1 atom stereocenters. The van der Waals surface area contributed by atoms with E-state index in [0.29, 0.717) is 0 Å². The fourth-order valence-electron chi connectivity index (χ4n) is 5.03. The minimum Gasteiger partial charge on any atom is -0.253 e. The number of nitrogens with zero attached hydrogens (tertiary/aromatic N) is 1. The maximum atomic E-state index is 4.70. The first-order valence-electron chi connectivity index (χ1n) is 11.1. The lowest BCUT2D eigenvalue weighted by Gasteiger charge is -2.35. The lowest BCUT2D eigenvalue weighted by Crippen LogP contribution is -2.22. The van der Waals surface area contributed by atoms with Crippen molar-refractivity contribution in [3.05, 3.63) is 42.1 Å². The van der Waals surface area contributed by atoms with Gasteiger partial charge in [-0.05, 0) is 36.3 Å². The Hall–Kier alpha value is -1.37. The maximum absolute atomic E-state index is 4.70. The number of fused-ring (bicyclic) bond motifs is 2. The molecule has 0 bridgehead atoms. The van der Waals surface area contributed by atoms with Gasteiger partial charge in [-0.3, -0.25) is 4.98 Å². The summed E-state index contributed by atoms with van der Waals surface area (Å²) in [5.41, 5.74) is 2.34. The highest BCUT2D eigenvalue weighted by Gasteiger charge is 2.26. The highest BCUT2D eigenvalue weighted by Crippen LogP contribution is 2.40. The molecule has 2 fully saturated rings. The molecule has 26 heavy (non-hydrogen) atoms. The standard InChI is InChI=1S/C15H19N.C10H18/c1-3-6-12(2)11-14-10-9-13-7-4-5-8-15(13)16-14;1-2-6-10-8-4-3-7-9(10)5-1/h4-5,7-10,12H,3,6,11H2,1-2H3;9-10H,1-8H2/t12-;/m0./s1. The second-order valence-corrected chi connectivity index (χ2v) is 8.68. The van der Waals surface area contributed by atoms with Gasteiger partial charge in [-0.15, -0.1) is 0 Å². The molecule has 2 aromatic rings. The summed E-state index contributed by atoms with van der Waals surface area (Å²) in [5, 5.41) is 1.23. The van der Waals surface area contributed by atoms with Gasteiger partial charge in [0.2, 0.25) is 0 Å². The van der Waals surface area contributed by atoms with Crippen LogP contribution in [0.4, 0.5) is 0 Å². The van der Waals surface area contributed by atoms with Crippen molar-refractivity contribution in [3.63, 3.8) is 0 Å². The smallest absolute Gasteiger partial charge is 0.0705 e. The van der Waals surface area contributed by atoms with E-state index in [0.717, 1.165) is 29.7 Å². The number of benzene rings is 1. The molecule has 0 radical (unpaired) electrons. The van der Waals surface area contributed by atoms with Crippen LogP contribution in [0, 0.1) is 17.8 Å². The molecule has 0 aliphatic heterocycles. The summed E-state index contributed by atoms with van der Waals surface area (Å²) in [5.74, 6) is 3.05. The van der Waals surface area contributed by atoms with Crippen LogP contribution in [-0.2, 0) is 6.42 Å². The van der Waals surface area contributed by atoms with E-state index in [1.807, 2.05) is 0 Å². The summed E-state index contributed by atoms with van der Waals surface area (Å²) >= 11 is 0. The van der Waals surface area contributed by atoms with Gasteiger partial charge in [0.05, 0.1) is 5.52 Å². The SMILES string of the molecule is C1CCC2CCCCC2C1.CCC[C@H](C)Cc1ccc2ccccc2n1. The molecule has 1 nitrogen and oxygen atoms in total. The van der Waals surface area contributed by atoms with Crippen LogP contribution in [0.2, 0.25) is 0 Å². The second kappa shape index (κ2) is 10.1. The van der Waals surface area contributed by atoms with Crippen LogP contribution in [0.1, 0.15) is 83.7 Å². The van der Waals surface area contributed by atoms with Crippen molar-refractivity contribution >= 4 is 10.9 Å². The molecule has 0 N–H and O–H groups in total. The van der Waals surface area contributed by atoms with Crippen molar-refractivity contribution in [2.24, 2.45) is 17.8 Å². The Kier molecular flexibility index (Phi) is 7.53. The van der Waals surface area contributed by atoms with Gasteiger partial charge >= 0.3 is 0 Å². The molecule has 2 aliphatic rings. The quantitative estimate of drug-likeness (QED) is 0.553. The van der Waals surface area contributed by atoms with Crippen molar-refractivity contribution in [3.8, 4) is 0 Å². The number of hydrogen-bond donors (Lipinski definition) is 0. The molecule has 2 aliphatic carbocycles. The first-order chi connectivity index (χ1) is 12.8. The summed E-state index contributed by atoms with van der Waals surface area (Å²) in [4.78, 5) is 4.70. The highest BCUT2D eigenvalue weighted by molar-refractivity contribution is 5.78. The van der Waals surface area contributed by atoms with E-state index < -0.39 is 0 Å². The zero-order chi connectivity index (χ0) is 18.2. The number of pyridine rings is 1. The fraction of sp³-hybridized carbons (Fsp3) is 0.640. The molecule has 142 valence electrons. The van der Waals surface area contributed by atoms with Crippen molar-refractivity contribution in [1.29, 1.82) is 0 Å². The van der Waals surface area contributed by atoms with E-state index >= 15 is 0 Å². The third-order valence-corrected chi connectivity index (χ3v) is 6.46. The predicted octanol–water partition coefficient (Wildman–Crippen LogP) is 7.58. The summed E-state index contributed by atoms with van der Waals surface area (Å²) in [7, 11) is 0.